The molecule has 0 atom stereocenters. The highest BCUT2D eigenvalue weighted by atomic mass is 16.5. The van der Waals surface area contributed by atoms with Crippen molar-refractivity contribution in [3.8, 4) is 45.7 Å². The highest BCUT2D eigenvalue weighted by Crippen LogP contribution is 2.34. The maximum atomic E-state index is 10.9. The number of aromatic hydroxyl groups is 1. The van der Waals surface area contributed by atoms with Gasteiger partial charge in [0.25, 0.3) is 0 Å². The van der Waals surface area contributed by atoms with Gasteiger partial charge in [0.15, 0.2) is 17.5 Å². The van der Waals surface area contributed by atoms with Gasteiger partial charge in [0.05, 0.1) is 11.8 Å². The zero-order valence-electron chi connectivity index (χ0n) is 20.9. The van der Waals surface area contributed by atoms with Gasteiger partial charge >= 0.3 is 0 Å². The number of aryl methyl sites for hydroxylation is 2. The number of phenolic OH excluding ortho intramolecular Hbond substituents is 1. The quantitative estimate of drug-likeness (QED) is 0.202. The van der Waals surface area contributed by atoms with Crippen LogP contribution < -0.4 is 4.74 Å². The van der Waals surface area contributed by atoms with Crippen molar-refractivity contribution in [2.45, 2.75) is 33.6 Å². The van der Waals surface area contributed by atoms with E-state index in [4.69, 9.17) is 24.4 Å². The van der Waals surface area contributed by atoms with Gasteiger partial charge in [-0.3, -0.25) is 0 Å². The molecule has 4 aromatic rings. The molecule has 1 heterocycles. The Hall–Kier alpha value is -4.19. The Morgan fingerprint density at radius 3 is 1.81 bits per heavy atom. The van der Waals surface area contributed by atoms with E-state index in [-0.39, 0.29) is 5.75 Å². The molecule has 36 heavy (non-hydrogen) atoms. The maximum Gasteiger partial charge on any atom is 0.167 e. The summed E-state index contributed by atoms with van der Waals surface area (Å²) < 4.78 is 11.0. The maximum absolute atomic E-state index is 10.9. The van der Waals surface area contributed by atoms with Gasteiger partial charge in [0, 0.05) is 17.2 Å². The number of rotatable bonds is 10. The summed E-state index contributed by atoms with van der Waals surface area (Å²) >= 11 is 0. The number of phenols is 1. The lowest BCUT2D eigenvalue weighted by Crippen LogP contribution is -2.04. The van der Waals surface area contributed by atoms with Crippen molar-refractivity contribution in [2.75, 3.05) is 13.2 Å². The largest absolute Gasteiger partial charge is 0.507 e. The summed E-state index contributed by atoms with van der Waals surface area (Å²) in [6.07, 6.45) is 5.14. The summed E-state index contributed by atoms with van der Waals surface area (Å²) in [6, 6.07) is 21.4. The van der Waals surface area contributed by atoms with Crippen LogP contribution in [0.2, 0.25) is 0 Å². The highest BCUT2D eigenvalue weighted by Gasteiger charge is 2.17. The van der Waals surface area contributed by atoms with E-state index in [0.29, 0.717) is 42.0 Å². The van der Waals surface area contributed by atoms with Crippen LogP contribution in [0.15, 0.2) is 79.1 Å². The lowest BCUT2D eigenvalue weighted by atomic mass is 10.0. The molecule has 184 valence electrons. The fourth-order valence-electron chi connectivity index (χ4n) is 3.99. The van der Waals surface area contributed by atoms with Crippen LogP contribution >= 0.6 is 0 Å². The van der Waals surface area contributed by atoms with Gasteiger partial charge in [0.1, 0.15) is 24.7 Å². The monoisotopic (exact) mass is 481 g/mol. The van der Waals surface area contributed by atoms with Crippen molar-refractivity contribution >= 4 is 0 Å². The van der Waals surface area contributed by atoms with Crippen LogP contribution in [-0.4, -0.2) is 33.3 Å². The third-order valence-electron chi connectivity index (χ3n) is 5.83. The van der Waals surface area contributed by atoms with Crippen molar-refractivity contribution in [1.29, 1.82) is 0 Å². The van der Waals surface area contributed by atoms with Crippen LogP contribution in [0, 0.1) is 0 Å². The molecule has 6 nitrogen and oxygen atoms in total. The first kappa shape index (κ1) is 24.9. The standard InChI is InChI=1S/C30H31N3O3/c1-4-17-35-18-19-36-23-15-16-26(27(34)20-23)30-32-28(24-13-9-7-11-21(24)5-2)31-29(33-30)25-14-10-8-12-22(25)6-3/h4,7-17,20,34H,5-6,18-19H2,1-3H3. The third kappa shape index (κ3) is 5.71. The number of aromatic nitrogens is 3. The smallest absolute Gasteiger partial charge is 0.167 e. The molecule has 0 aliphatic rings. The Morgan fingerprint density at radius 1 is 0.722 bits per heavy atom. The molecule has 0 aliphatic heterocycles. The summed E-state index contributed by atoms with van der Waals surface area (Å²) in [4.78, 5) is 14.5. The molecule has 1 N–H and O–H groups in total. The minimum atomic E-state index is 0.0394. The molecule has 0 saturated heterocycles. The minimum Gasteiger partial charge on any atom is -0.507 e. The molecule has 4 rings (SSSR count). The molecule has 0 aliphatic carbocycles. The second-order valence-electron chi connectivity index (χ2n) is 8.20. The van der Waals surface area contributed by atoms with Gasteiger partial charge < -0.3 is 14.6 Å². The Balaban J connectivity index is 1.77. The van der Waals surface area contributed by atoms with E-state index in [0.717, 1.165) is 35.1 Å². The first-order valence-corrected chi connectivity index (χ1v) is 12.3. The zero-order valence-corrected chi connectivity index (χ0v) is 20.9. The van der Waals surface area contributed by atoms with Crippen molar-refractivity contribution < 1.29 is 14.6 Å². The molecule has 0 unspecified atom stereocenters. The molecular weight excluding hydrogens is 450 g/mol. The lowest BCUT2D eigenvalue weighted by molar-refractivity contribution is 0.178. The molecule has 6 heteroatoms. The zero-order chi connectivity index (χ0) is 25.3. The molecule has 0 saturated carbocycles. The summed E-state index contributed by atoms with van der Waals surface area (Å²) in [5, 5.41) is 10.9. The van der Waals surface area contributed by atoms with E-state index in [1.807, 2.05) is 49.4 Å². The Morgan fingerprint density at radius 2 is 1.28 bits per heavy atom. The lowest BCUT2D eigenvalue weighted by Gasteiger charge is -2.13. The predicted octanol–water partition coefficient (Wildman–Crippen LogP) is 6.63. The van der Waals surface area contributed by atoms with E-state index in [1.54, 1.807) is 24.5 Å². The first-order chi connectivity index (χ1) is 17.6. The molecule has 0 fully saturated rings. The topological polar surface area (TPSA) is 77.4 Å². The summed E-state index contributed by atoms with van der Waals surface area (Å²) in [6.45, 7) is 6.90. The molecule has 0 bridgehead atoms. The molecule has 3 aromatic carbocycles. The van der Waals surface area contributed by atoms with E-state index in [9.17, 15) is 5.11 Å². The van der Waals surface area contributed by atoms with Crippen LogP contribution in [-0.2, 0) is 17.6 Å². The van der Waals surface area contributed by atoms with Gasteiger partial charge in [-0.05, 0) is 43.0 Å². The van der Waals surface area contributed by atoms with Gasteiger partial charge in [-0.25, -0.2) is 15.0 Å². The van der Waals surface area contributed by atoms with E-state index in [2.05, 4.69) is 26.0 Å². The van der Waals surface area contributed by atoms with Gasteiger partial charge in [-0.1, -0.05) is 68.5 Å². The molecule has 1 aromatic heterocycles. The predicted molar refractivity (Wildman–Crippen MR) is 143 cm³/mol. The van der Waals surface area contributed by atoms with Crippen LogP contribution in [0.5, 0.6) is 11.5 Å². The number of hydrogen-bond acceptors (Lipinski definition) is 6. The number of allylic oxidation sites excluding steroid dienone is 1. The SMILES string of the molecule is CC=COCCOc1ccc(-c2nc(-c3ccccc3CC)nc(-c3ccccc3CC)n2)c(O)c1. The fraction of sp³-hybridized carbons (Fsp3) is 0.233. The van der Waals surface area contributed by atoms with E-state index >= 15 is 0 Å². The van der Waals surface area contributed by atoms with Crippen molar-refractivity contribution in [1.82, 2.24) is 15.0 Å². The van der Waals surface area contributed by atoms with Crippen molar-refractivity contribution in [3.05, 3.63) is 90.2 Å². The summed E-state index contributed by atoms with van der Waals surface area (Å²) in [7, 11) is 0. The average Bonchev–Trinajstić information content (AvgIpc) is 2.92. The first-order valence-electron chi connectivity index (χ1n) is 12.3. The van der Waals surface area contributed by atoms with Crippen LogP contribution in [0.4, 0.5) is 0 Å². The molecular formula is C30H31N3O3. The Kier molecular flexibility index (Phi) is 8.29. The van der Waals surface area contributed by atoms with E-state index in [1.165, 1.54) is 0 Å². The minimum absolute atomic E-state index is 0.0394. The Labute approximate surface area is 212 Å². The average molecular weight is 482 g/mol. The number of benzene rings is 3. The van der Waals surface area contributed by atoms with Crippen LogP contribution in [0.1, 0.15) is 31.9 Å². The number of nitrogens with zero attached hydrogens (tertiary/aromatic N) is 3. The second kappa shape index (κ2) is 12.0. The second-order valence-corrected chi connectivity index (χ2v) is 8.20. The van der Waals surface area contributed by atoms with Crippen molar-refractivity contribution in [2.24, 2.45) is 0 Å². The normalized spacial score (nSPS) is 11.1. The van der Waals surface area contributed by atoms with Crippen LogP contribution in [0.25, 0.3) is 34.2 Å². The third-order valence-corrected chi connectivity index (χ3v) is 5.83. The number of ether oxygens (including phenoxy) is 2. The molecule has 0 spiro atoms. The fourth-order valence-corrected chi connectivity index (χ4v) is 3.99. The van der Waals surface area contributed by atoms with Gasteiger partial charge in [-0.2, -0.15) is 0 Å². The Bertz CT molecular complexity index is 1290. The summed E-state index contributed by atoms with van der Waals surface area (Å²) in [5.74, 6) is 2.16. The molecule has 0 amide bonds. The van der Waals surface area contributed by atoms with Gasteiger partial charge in [0.2, 0.25) is 0 Å². The van der Waals surface area contributed by atoms with Crippen molar-refractivity contribution in [3.63, 3.8) is 0 Å². The van der Waals surface area contributed by atoms with Crippen LogP contribution in [0.3, 0.4) is 0 Å². The number of hydrogen-bond donors (Lipinski definition) is 1. The molecule has 0 radical (unpaired) electrons. The summed E-state index contributed by atoms with van der Waals surface area (Å²) in [5.41, 5.74) is 4.73. The van der Waals surface area contributed by atoms with Gasteiger partial charge in [-0.15, -0.1) is 0 Å². The highest BCUT2D eigenvalue weighted by molar-refractivity contribution is 5.72. The van der Waals surface area contributed by atoms with E-state index < -0.39 is 0 Å².